The SMILES string of the molecule is COC(=O)C1=C(Nc2ccc(N3CCN(C(=O)C(C)(C)C)CC3)cc2)C(=O)N(CCO)C1. The molecule has 0 aromatic heterocycles. The Bertz CT molecular complexity index is 896. The van der Waals surface area contributed by atoms with Gasteiger partial charge in [0.1, 0.15) is 5.70 Å². The molecule has 2 N–H and O–H groups in total. The largest absolute Gasteiger partial charge is 0.466 e. The van der Waals surface area contributed by atoms with Crippen molar-refractivity contribution in [2.24, 2.45) is 5.41 Å². The molecule has 2 heterocycles. The lowest BCUT2D eigenvalue weighted by atomic mass is 9.94. The van der Waals surface area contributed by atoms with Crippen molar-refractivity contribution in [2.45, 2.75) is 20.8 Å². The van der Waals surface area contributed by atoms with Gasteiger partial charge < -0.3 is 29.9 Å². The monoisotopic (exact) mass is 444 g/mol. The minimum Gasteiger partial charge on any atom is -0.466 e. The van der Waals surface area contributed by atoms with Crippen LogP contribution in [0.3, 0.4) is 0 Å². The number of hydrogen-bond donors (Lipinski definition) is 2. The van der Waals surface area contributed by atoms with Gasteiger partial charge in [0.2, 0.25) is 5.91 Å². The van der Waals surface area contributed by atoms with Gasteiger partial charge in [0.05, 0.1) is 25.8 Å². The second-order valence-electron chi connectivity index (χ2n) is 9.00. The number of aliphatic hydroxyl groups is 1. The molecule has 0 spiro atoms. The lowest BCUT2D eigenvalue weighted by molar-refractivity contribution is -0.139. The maximum atomic E-state index is 12.6. The average Bonchev–Trinajstić information content (AvgIpc) is 3.08. The van der Waals surface area contributed by atoms with E-state index in [0.717, 1.165) is 18.8 Å². The molecule has 3 rings (SSSR count). The topological polar surface area (TPSA) is 102 Å². The smallest absolute Gasteiger partial charge is 0.337 e. The van der Waals surface area contributed by atoms with E-state index in [1.165, 1.54) is 12.0 Å². The fourth-order valence-electron chi connectivity index (χ4n) is 3.89. The zero-order valence-corrected chi connectivity index (χ0v) is 19.2. The number of anilines is 2. The predicted molar refractivity (Wildman–Crippen MR) is 121 cm³/mol. The Kier molecular flexibility index (Phi) is 7.08. The van der Waals surface area contributed by atoms with Gasteiger partial charge in [-0.3, -0.25) is 9.59 Å². The number of esters is 1. The first kappa shape index (κ1) is 23.6. The summed E-state index contributed by atoms with van der Waals surface area (Å²) in [5.41, 5.74) is 1.74. The van der Waals surface area contributed by atoms with Crippen molar-refractivity contribution < 1.29 is 24.2 Å². The maximum Gasteiger partial charge on any atom is 0.337 e. The van der Waals surface area contributed by atoms with E-state index in [-0.39, 0.29) is 48.2 Å². The Balaban J connectivity index is 1.66. The summed E-state index contributed by atoms with van der Waals surface area (Å²) in [6.07, 6.45) is 0. The van der Waals surface area contributed by atoms with Gasteiger partial charge in [0.15, 0.2) is 0 Å². The Hall–Kier alpha value is -3.07. The highest BCUT2D eigenvalue weighted by Crippen LogP contribution is 2.26. The molecule has 1 aromatic rings. The number of carbonyl (C=O) groups is 3. The number of nitrogens with one attached hydrogen (secondary N) is 1. The molecule has 2 amide bonds. The van der Waals surface area contributed by atoms with Crippen molar-refractivity contribution in [3.63, 3.8) is 0 Å². The lowest BCUT2D eigenvalue weighted by Gasteiger charge is -2.38. The second kappa shape index (κ2) is 9.60. The minimum atomic E-state index is -0.569. The molecule has 0 bridgehead atoms. The van der Waals surface area contributed by atoms with Crippen LogP contribution in [0.1, 0.15) is 20.8 Å². The van der Waals surface area contributed by atoms with Gasteiger partial charge in [-0.15, -0.1) is 0 Å². The Morgan fingerprint density at radius 2 is 1.72 bits per heavy atom. The molecule has 0 unspecified atom stereocenters. The molecule has 9 nitrogen and oxygen atoms in total. The Labute approximate surface area is 188 Å². The fourth-order valence-corrected chi connectivity index (χ4v) is 3.89. The zero-order valence-electron chi connectivity index (χ0n) is 19.2. The number of methoxy groups -OCH3 is 1. The van der Waals surface area contributed by atoms with E-state index in [1.54, 1.807) is 0 Å². The zero-order chi connectivity index (χ0) is 23.5. The molecule has 9 heteroatoms. The normalized spacial score (nSPS) is 17.2. The number of nitrogens with zero attached hydrogens (tertiary/aromatic N) is 3. The standard InChI is InChI=1S/C23H32N4O5/c1-23(2,3)22(31)26-11-9-25(10-12-26)17-7-5-16(6-8-17)24-19-18(21(30)32-4)15-27(13-14-28)20(19)29/h5-8,24,28H,9-15H2,1-4H3. The van der Waals surface area contributed by atoms with Crippen LogP contribution in [0.15, 0.2) is 35.5 Å². The highest BCUT2D eigenvalue weighted by molar-refractivity contribution is 6.08. The van der Waals surface area contributed by atoms with Crippen LogP contribution in [-0.4, -0.2) is 85.7 Å². The van der Waals surface area contributed by atoms with Crippen molar-refractivity contribution >= 4 is 29.2 Å². The van der Waals surface area contributed by atoms with Gasteiger partial charge in [-0.05, 0) is 24.3 Å². The van der Waals surface area contributed by atoms with Gasteiger partial charge in [-0.2, -0.15) is 0 Å². The highest BCUT2D eigenvalue weighted by atomic mass is 16.5. The summed E-state index contributed by atoms with van der Waals surface area (Å²) in [6, 6.07) is 7.61. The summed E-state index contributed by atoms with van der Waals surface area (Å²) in [7, 11) is 1.27. The number of amides is 2. The number of piperazine rings is 1. The molecule has 1 fully saturated rings. The molecule has 174 valence electrons. The molecule has 0 saturated carbocycles. The predicted octanol–water partition coefficient (Wildman–Crippen LogP) is 1.05. The van der Waals surface area contributed by atoms with E-state index in [9.17, 15) is 14.4 Å². The number of ether oxygens (including phenoxy) is 1. The van der Waals surface area contributed by atoms with Crippen molar-refractivity contribution in [3.8, 4) is 0 Å². The number of carbonyl (C=O) groups excluding carboxylic acids is 3. The van der Waals surface area contributed by atoms with E-state index in [0.29, 0.717) is 18.8 Å². The van der Waals surface area contributed by atoms with E-state index in [4.69, 9.17) is 9.84 Å². The van der Waals surface area contributed by atoms with Crippen LogP contribution in [0, 0.1) is 5.41 Å². The van der Waals surface area contributed by atoms with Gasteiger partial charge in [-0.25, -0.2) is 4.79 Å². The maximum absolute atomic E-state index is 12.6. The van der Waals surface area contributed by atoms with Crippen molar-refractivity contribution in [2.75, 3.05) is 63.2 Å². The average molecular weight is 445 g/mol. The van der Waals surface area contributed by atoms with Crippen molar-refractivity contribution in [3.05, 3.63) is 35.5 Å². The van der Waals surface area contributed by atoms with Crippen LogP contribution < -0.4 is 10.2 Å². The fraction of sp³-hybridized carbons (Fsp3) is 0.522. The van der Waals surface area contributed by atoms with Crippen LogP contribution in [0.25, 0.3) is 0 Å². The second-order valence-corrected chi connectivity index (χ2v) is 9.00. The number of β-amino-alcohol motifs (C(OH)–C–C–N with tert-alkyl or cyclic N) is 1. The number of benzene rings is 1. The molecular formula is C23H32N4O5. The van der Waals surface area contributed by atoms with Crippen LogP contribution in [-0.2, 0) is 19.1 Å². The molecule has 1 aromatic carbocycles. The Morgan fingerprint density at radius 3 is 2.25 bits per heavy atom. The Morgan fingerprint density at radius 1 is 1.09 bits per heavy atom. The van der Waals surface area contributed by atoms with Gasteiger partial charge >= 0.3 is 5.97 Å². The van der Waals surface area contributed by atoms with Crippen LogP contribution >= 0.6 is 0 Å². The van der Waals surface area contributed by atoms with Gasteiger partial charge in [-0.1, -0.05) is 20.8 Å². The lowest BCUT2D eigenvalue weighted by Crippen LogP contribution is -2.51. The summed E-state index contributed by atoms with van der Waals surface area (Å²) >= 11 is 0. The molecule has 1 saturated heterocycles. The van der Waals surface area contributed by atoms with E-state index in [2.05, 4.69) is 10.2 Å². The third-order valence-corrected chi connectivity index (χ3v) is 5.66. The first-order valence-electron chi connectivity index (χ1n) is 10.8. The molecule has 2 aliphatic heterocycles. The van der Waals surface area contributed by atoms with E-state index in [1.807, 2.05) is 49.9 Å². The minimum absolute atomic E-state index is 0.101. The first-order chi connectivity index (χ1) is 15.2. The summed E-state index contributed by atoms with van der Waals surface area (Å²) in [5, 5.41) is 12.2. The molecule has 0 aliphatic carbocycles. The highest BCUT2D eigenvalue weighted by Gasteiger charge is 2.34. The molecule has 2 aliphatic rings. The summed E-state index contributed by atoms with van der Waals surface area (Å²) < 4.78 is 4.81. The number of rotatable bonds is 6. The van der Waals surface area contributed by atoms with Crippen molar-refractivity contribution in [1.29, 1.82) is 0 Å². The van der Waals surface area contributed by atoms with Crippen molar-refractivity contribution in [1.82, 2.24) is 9.80 Å². The van der Waals surface area contributed by atoms with Crippen LogP contribution in [0.2, 0.25) is 0 Å². The van der Waals surface area contributed by atoms with Gasteiger partial charge in [0.25, 0.3) is 5.91 Å². The summed E-state index contributed by atoms with van der Waals surface area (Å²) in [4.78, 5) is 42.8. The molecule has 32 heavy (non-hydrogen) atoms. The molecule has 0 radical (unpaired) electrons. The third-order valence-electron chi connectivity index (χ3n) is 5.66. The molecular weight excluding hydrogens is 412 g/mol. The summed E-state index contributed by atoms with van der Waals surface area (Å²) in [6.45, 7) is 8.74. The first-order valence-corrected chi connectivity index (χ1v) is 10.8. The third kappa shape index (κ3) is 5.04. The quantitative estimate of drug-likeness (QED) is 0.633. The van der Waals surface area contributed by atoms with Gasteiger partial charge in [0, 0.05) is 49.5 Å². The number of aliphatic hydroxyl groups excluding tert-OH is 1. The van der Waals surface area contributed by atoms with Crippen LogP contribution in [0.5, 0.6) is 0 Å². The molecule has 0 atom stereocenters. The van der Waals surface area contributed by atoms with Crippen LogP contribution in [0.4, 0.5) is 11.4 Å². The number of hydrogen-bond acceptors (Lipinski definition) is 7. The van der Waals surface area contributed by atoms with E-state index >= 15 is 0 Å². The van der Waals surface area contributed by atoms with E-state index < -0.39 is 5.97 Å². The summed E-state index contributed by atoms with van der Waals surface area (Å²) in [5.74, 6) is -0.744.